The number of aliphatic hydroxyl groups excluding tert-OH is 1. The Bertz CT molecular complexity index is 409. The quantitative estimate of drug-likeness (QED) is 0.697. The molecule has 1 aromatic carbocycles. The van der Waals surface area contributed by atoms with Crippen molar-refractivity contribution in [2.24, 2.45) is 0 Å². The number of aryl methyl sites for hydroxylation is 1. The summed E-state index contributed by atoms with van der Waals surface area (Å²) in [5, 5.41) is 13.6. The molecule has 1 aromatic rings. The second-order valence-corrected chi connectivity index (χ2v) is 5.32. The minimum absolute atomic E-state index is 0.318. The van der Waals surface area contributed by atoms with Crippen molar-refractivity contribution in [1.29, 1.82) is 0 Å². The van der Waals surface area contributed by atoms with Gasteiger partial charge in [-0.1, -0.05) is 24.6 Å². The van der Waals surface area contributed by atoms with Crippen LogP contribution in [-0.2, 0) is 5.41 Å². The maximum absolute atomic E-state index is 10.2. The second-order valence-electron chi connectivity index (χ2n) is 5.32. The van der Waals surface area contributed by atoms with E-state index in [2.05, 4.69) is 30.4 Å². The van der Waals surface area contributed by atoms with Gasteiger partial charge in [-0.3, -0.25) is 0 Å². The first-order valence-corrected chi connectivity index (χ1v) is 6.22. The topological polar surface area (TPSA) is 32.3 Å². The molecular formula is C14H19NO. The molecule has 16 heavy (non-hydrogen) atoms. The summed E-state index contributed by atoms with van der Waals surface area (Å²) in [4.78, 5) is 0. The first kappa shape index (κ1) is 10.3. The molecule has 1 saturated carbocycles. The molecule has 1 unspecified atom stereocenters. The Morgan fingerprint density at radius 2 is 2.19 bits per heavy atom. The first-order valence-electron chi connectivity index (χ1n) is 6.22. The van der Waals surface area contributed by atoms with Gasteiger partial charge in [0.1, 0.15) is 0 Å². The standard InChI is InChI=1S/C14H19NO/c1-10-4-2-5-11-12(16)8-15-9-14(13(10)11)6-3-7-14/h2,4-5,12,15-16H,3,6-9H2,1H3. The molecule has 1 heterocycles. The van der Waals surface area contributed by atoms with Crippen LogP contribution in [0.15, 0.2) is 18.2 Å². The molecule has 3 rings (SSSR count). The maximum Gasteiger partial charge on any atom is 0.0917 e. The lowest BCUT2D eigenvalue weighted by Gasteiger charge is -2.43. The molecule has 1 fully saturated rings. The fourth-order valence-electron chi connectivity index (χ4n) is 3.37. The lowest BCUT2D eigenvalue weighted by molar-refractivity contribution is 0.177. The summed E-state index contributed by atoms with van der Waals surface area (Å²) in [6.45, 7) is 3.90. The third-order valence-electron chi connectivity index (χ3n) is 4.31. The van der Waals surface area contributed by atoms with Crippen LogP contribution in [-0.4, -0.2) is 18.2 Å². The van der Waals surface area contributed by atoms with Crippen molar-refractivity contribution < 1.29 is 5.11 Å². The highest BCUT2D eigenvalue weighted by molar-refractivity contribution is 5.44. The van der Waals surface area contributed by atoms with Gasteiger partial charge in [-0.15, -0.1) is 0 Å². The number of hydrogen-bond donors (Lipinski definition) is 2. The zero-order chi connectivity index (χ0) is 11.2. The summed E-state index contributed by atoms with van der Waals surface area (Å²) < 4.78 is 0. The Labute approximate surface area is 96.7 Å². The van der Waals surface area contributed by atoms with Crippen molar-refractivity contribution in [1.82, 2.24) is 5.32 Å². The normalized spacial score (nSPS) is 27.0. The molecule has 1 aliphatic carbocycles. The molecule has 0 radical (unpaired) electrons. The van der Waals surface area contributed by atoms with E-state index in [1.807, 2.05) is 0 Å². The molecule has 1 atom stereocenters. The first-order chi connectivity index (χ1) is 7.73. The van der Waals surface area contributed by atoms with Gasteiger partial charge in [-0.2, -0.15) is 0 Å². The van der Waals surface area contributed by atoms with E-state index in [-0.39, 0.29) is 6.10 Å². The fourth-order valence-corrected chi connectivity index (χ4v) is 3.37. The highest BCUT2D eigenvalue weighted by Gasteiger charge is 2.42. The van der Waals surface area contributed by atoms with E-state index in [0.29, 0.717) is 12.0 Å². The Hall–Kier alpha value is -0.860. The Morgan fingerprint density at radius 1 is 1.38 bits per heavy atom. The van der Waals surface area contributed by atoms with Crippen molar-refractivity contribution >= 4 is 0 Å². The molecule has 2 N–H and O–H groups in total. The predicted octanol–water partition coefficient (Wildman–Crippen LogP) is 2.05. The van der Waals surface area contributed by atoms with Crippen LogP contribution < -0.4 is 5.32 Å². The van der Waals surface area contributed by atoms with Gasteiger partial charge >= 0.3 is 0 Å². The second kappa shape index (κ2) is 3.57. The summed E-state index contributed by atoms with van der Waals surface area (Å²) in [5.74, 6) is 0. The maximum atomic E-state index is 10.2. The lowest BCUT2D eigenvalue weighted by atomic mass is 9.62. The van der Waals surface area contributed by atoms with E-state index >= 15 is 0 Å². The number of aliphatic hydroxyl groups is 1. The number of benzene rings is 1. The number of hydrogen-bond acceptors (Lipinski definition) is 2. The highest BCUT2D eigenvalue weighted by Crippen LogP contribution is 2.47. The van der Waals surface area contributed by atoms with Crippen LogP contribution in [0.5, 0.6) is 0 Å². The van der Waals surface area contributed by atoms with Crippen LogP contribution in [0, 0.1) is 6.92 Å². The van der Waals surface area contributed by atoms with E-state index in [0.717, 1.165) is 12.1 Å². The molecule has 2 aliphatic rings. The van der Waals surface area contributed by atoms with E-state index in [9.17, 15) is 5.11 Å². The van der Waals surface area contributed by atoms with Gasteiger partial charge in [0.2, 0.25) is 0 Å². The molecule has 0 amide bonds. The van der Waals surface area contributed by atoms with Gasteiger partial charge < -0.3 is 10.4 Å². The zero-order valence-electron chi connectivity index (χ0n) is 9.79. The predicted molar refractivity (Wildman–Crippen MR) is 64.5 cm³/mol. The molecule has 0 aromatic heterocycles. The van der Waals surface area contributed by atoms with E-state index in [1.165, 1.54) is 30.4 Å². The summed E-state index contributed by atoms with van der Waals surface area (Å²) in [6.07, 6.45) is 3.52. The molecule has 2 heteroatoms. The summed E-state index contributed by atoms with van der Waals surface area (Å²) in [6, 6.07) is 6.34. The monoisotopic (exact) mass is 217 g/mol. The molecule has 0 saturated heterocycles. The van der Waals surface area contributed by atoms with Crippen LogP contribution in [0.4, 0.5) is 0 Å². The summed E-state index contributed by atoms with van der Waals surface area (Å²) >= 11 is 0. The highest BCUT2D eigenvalue weighted by atomic mass is 16.3. The van der Waals surface area contributed by atoms with E-state index < -0.39 is 0 Å². The van der Waals surface area contributed by atoms with E-state index in [1.54, 1.807) is 0 Å². The third kappa shape index (κ3) is 1.33. The van der Waals surface area contributed by atoms with Crippen LogP contribution in [0.3, 0.4) is 0 Å². The van der Waals surface area contributed by atoms with Crippen molar-refractivity contribution in [2.75, 3.05) is 13.1 Å². The average molecular weight is 217 g/mol. The molecular weight excluding hydrogens is 198 g/mol. The Balaban J connectivity index is 2.18. The SMILES string of the molecule is Cc1cccc2c1C1(CCC1)CNCC2O. The average Bonchev–Trinajstić information content (AvgIpc) is 2.36. The van der Waals surface area contributed by atoms with Gasteiger partial charge in [0.15, 0.2) is 0 Å². The van der Waals surface area contributed by atoms with Gasteiger partial charge in [0.25, 0.3) is 0 Å². The smallest absolute Gasteiger partial charge is 0.0917 e. The molecule has 86 valence electrons. The van der Waals surface area contributed by atoms with Gasteiger partial charge in [0.05, 0.1) is 6.10 Å². The fraction of sp³-hybridized carbons (Fsp3) is 0.571. The minimum Gasteiger partial charge on any atom is -0.387 e. The number of rotatable bonds is 0. The van der Waals surface area contributed by atoms with Gasteiger partial charge in [0, 0.05) is 18.5 Å². The van der Waals surface area contributed by atoms with E-state index in [4.69, 9.17) is 0 Å². The molecule has 2 nitrogen and oxygen atoms in total. The molecule has 0 bridgehead atoms. The van der Waals surface area contributed by atoms with Crippen LogP contribution in [0.2, 0.25) is 0 Å². The van der Waals surface area contributed by atoms with Crippen molar-refractivity contribution in [2.45, 2.75) is 37.7 Å². The number of nitrogens with one attached hydrogen (secondary N) is 1. The van der Waals surface area contributed by atoms with Crippen molar-refractivity contribution in [3.63, 3.8) is 0 Å². The third-order valence-corrected chi connectivity index (χ3v) is 4.31. The number of fused-ring (bicyclic) bond motifs is 2. The Morgan fingerprint density at radius 3 is 2.88 bits per heavy atom. The largest absolute Gasteiger partial charge is 0.387 e. The van der Waals surface area contributed by atoms with Crippen LogP contribution >= 0.6 is 0 Å². The molecule has 1 aliphatic heterocycles. The van der Waals surface area contributed by atoms with Crippen molar-refractivity contribution in [3.05, 3.63) is 34.9 Å². The van der Waals surface area contributed by atoms with Gasteiger partial charge in [-0.25, -0.2) is 0 Å². The molecule has 1 spiro atoms. The lowest BCUT2D eigenvalue weighted by Crippen LogP contribution is -2.43. The van der Waals surface area contributed by atoms with Crippen LogP contribution in [0.25, 0.3) is 0 Å². The number of β-amino-alcohol motifs (C(OH)–C–C–N with tert-alkyl or cyclic N) is 1. The van der Waals surface area contributed by atoms with Crippen molar-refractivity contribution in [3.8, 4) is 0 Å². The van der Waals surface area contributed by atoms with Gasteiger partial charge in [-0.05, 0) is 36.5 Å². The Kier molecular flexibility index (Phi) is 2.30. The van der Waals surface area contributed by atoms with Crippen LogP contribution in [0.1, 0.15) is 42.1 Å². The summed E-state index contributed by atoms with van der Waals surface area (Å²) in [7, 11) is 0. The summed E-state index contributed by atoms with van der Waals surface area (Å²) in [5.41, 5.74) is 4.25. The minimum atomic E-state index is -0.338. The zero-order valence-corrected chi connectivity index (χ0v) is 9.79.